The molecule has 3 heteroatoms. The van der Waals surface area contributed by atoms with Crippen LogP contribution < -0.4 is 5.32 Å². The summed E-state index contributed by atoms with van der Waals surface area (Å²) < 4.78 is 5.01. The molecule has 0 radical (unpaired) electrons. The van der Waals surface area contributed by atoms with E-state index in [2.05, 4.69) is 5.32 Å². The molecule has 80 valence electrons. The van der Waals surface area contributed by atoms with Gasteiger partial charge in [-0.1, -0.05) is 17.7 Å². The molecule has 0 aromatic heterocycles. The van der Waals surface area contributed by atoms with E-state index in [9.17, 15) is 4.79 Å². The predicted octanol–water partition coefficient (Wildman–Crippen LogP) is 1.43. The molecular weight excluding hydrogens is 190 g/mol. The van der Waals surface area contributed by atoms with Crippen LogP contribution in [0.4, 0.5) is 0 Å². The van der Waals surface area contributed by atoms with E-state index in [-0.39, 0.29) is 11.9 Å². The number of amides is 1. The Kier molecular flexibility index (Phi) is 2.73. The molecule has 2 rings (SSSR count). The first-order valence-corrected chi connectivity index (χ1v) is 5.12. The summed E-state index contributed by atoms with van der Waals surface area (Å²) in [6.45, 7) is 5.21. The van der Waals surface area contributed by atoms with Gasteiger partial charge in [-0.3, -0.25) is 4.79 Å². The van der Waals surface area contributed by atoms with E-state index in [1.165, 1.54) is 0 Å². The first-order valence-electron chi connectivity index (χ1n) is 5.12. The van der Waals surface area contributed by atoms with Crippen molar-refractivity contribution in [3.8, 4) is 0 Å². The van der Waals surface area contributed by atoms with Crippen molar-refractivity contribution in [2.75, 3.05) is 13.2 Å². The second kappa shape index (κ2) is 4.03. The summed E-state index contributed by atoms with van der Waals surface area (Å²) in [5.41, 5.74) is 2.89. The molecule has 1 saturated heterocycles. The van der Waals surface area contributed by atoms with Gasteiger partial charge in [-0.15, -0.1) is 0 Å². The summed E-state index contributed by atoms with van der Waals surface area (Å²) in [6, 6.07) is 6.10. The maximum atomic E-state index is 11.9. The minimum atomic E-state index is 0.00417. The highest BCUT2D eigenvalue weighted by atomic mass is 16.5. The largest absolute Gasteiger partial charge is 0.377 e. The van der Waals surface area contributed by atoms with Crippen molar-refractivity contribution in [2.45, 2.75) is 19.9 Å². The SMILES string of the molecule is Cc1ccc(C)c(C(=O)NC2COC2)c1. The molecule has 0 aliphatic carbocycles. The van der Waals surface area contributed by atoms with Crippen LogP contribution in [0.25, 0.3) is 0 Å². The van der Waals surface area contributed by atoms with Crippen molar-refractivity contribution in [3.63, 3.8) is 0 Å². The lowest BCUT2D eigenvalue weighted by atomic mass is 10.0. The number of ether oxygens (including phenoxy) is 1. The van der Waals surface area contributed by atoms with Gasteiger partial charge >= 0.3 is 0 Å². The predicted molar refractivity (Wildman–Crippen MR) is 58.0 cm³/mol. The highest BCUT2D eigenvalue weighted by Gasteiger charge is 2.21. The zero-order valence-electron chi connectivity index (χ0n) is 9.04. The fourth-order valence-corrected chi connectivity index (χ4v) is 1.56. The van der Waals surface area contributed by atoms with Crippen molar-refractivity contribution in [1.29, 1.82) is 0 Å². The fourth-order valence-electron chi connectivity index (χ4n) is 1.56. The van der Waals surface area contributed by atoms with Crippen LogP contribution in [0, 0.1) is 13.8 Å². The van der Waals surface area contributed by atoms with Crippen molar-refractivity contribution < 1.29 is 9.53 Å². The number of carbonyl (C=O) groups excluding carboxylic acids is 1. The Morgan fingerprint density at radius 1 is 1.40 bits per heavy atom. The number of rotatable bonds is 2. The third kappa shape index (κ3) is 2.18. The van der Waals surface area contributed by atoms with Crippen LogP contribution in [0.1, 0.15) is 21.5 Å². The van der Waals surface area contributed by atoms with Crippen molar-refractivity contribution in [3.05, 3.63) is 34.9 Å². The molecule has 1 aromatic rings. The minimum absolute atomic E-state index is 0.00417. The highest BCUT2D eigenvalue weighted by Crippen LogP contribution is 2.11. The van der Waals surface area contributed by atoms with Crippen molar-refractivity contribution >= 4 is 5.91 Å². The van der Waals surface area contributed by atoms with Crippen LogP contribution in [-0.4, -0.2) is 25.2 Å². The van der Waals surface area contributed by atoms with E-state index in [0.29, 0.717) is 13.2 Å². The number of benzene rings is 1. The van der Waals surface area contributed by atoms with Gasteiger partial charge in [-0.05, 0) is 25.5 Å². The van der Waals surface area contributed by atoms with Gasteiger partial charge < -0.3 is 10.1 Å². The number of aryl methyl sites for hydroxylation is 2. The first-order chi connectivity index (χ1) is 7.16. The summed E-state index contributed by atoms with van der Waals surface area (Å²) in [5.74, 6) is 0.00417. The molecule has 1 aliphatic rings. The Morgan fingerprint density at radius 3 is 2.73 bits per heavy atom. The van der Waals surface area contributed by atoms with E-state index in [4.69, 9.17) is 4.74 Å². The summed E-state index contributed by atoms with van der Waals surface area (Å²) in [7, 11) is 0. The summed E-state index contributed by atoms with van der Waals surface area (Å²) >= 11 is 0. The molecular formula is C12H15NO2. The second-order valence-electron chi connectivity index (χ2n) is 4.03. The first kappa shape index (κ1) is 10.2. The smallest absolute Gasteiger partial charge is 0.251 e. The lowest BCUT2D eigenvalue weighted by Crippen LogP contribution is -2.48. The average molecular weight is 205 g/mol. The van der Waals surface area contributed by atoms with Gasteiger partial charge in [-0.2, -0.15) is 0 Å². The Balaban J connectivity index is 2.12. The number of hydrogen-bond donors (Lipinski definition) is 1. The van der Waals surface area contributed by atoms with Crippen LogP contribution in [0.5, 0.6) is 0 Å². The monoisotopic (exact) mass is 205 g/mol. The lowest BCUT2D eigenvalue weighted by Gasteiger charge is -2.27. The van der Waals surface area contributed by atoms with E-state index in [1.807, 2.05) is 32.0 Å². The van der Waals surface area contributed by atoms with Crippen LogP contribution in [0.15, 0.2) is 18.2 Å². The van der Waals surface area contributed by atoms with Crippen LogP contribution in [-0.2, 0) is 4.74 Å². The molecule has 0 saturated carbocycles. The Bertz CT molecular complexity index is 383. The molecule has 1 fully saturated rings. The lowest BCUT2D eigenvalue weighted by molar-refractivity contribution is -0.00347. The van der Waals surface area contributed by atoms with Gasteiger partial charge in [0.2, 0.25) is 0 Å². The molecule has 1 aromatic carbocycles. The van der Waals surface area contributed by atoms with E-state index in [0.717, 1.165) is 16.7 Å². The van der Waals surface area contributed by atoms with Gasteiger partial charge in [0.25, 0.3) is 5.91 Å². The summed E-state index contributed by atoms with van der Waals surface area (Å²) in [6.07, 6.45) is 0. The van der Waals surface area contributed by atoms with E-state index < -0.39 is 0 Å². The molecule has 0 spiro atoms. The number of nitrogens with one attached hydrogen (secondary N) is 1. The van der Waals surface area contributed by atoms with Gasteiger partial charge in [0.15, 0.2) is 0 Å². The molecule has 1 amide bonds. The maximum Gasteiger partial charge on any atom is 0.251 e. The summed E-state index contributed by atoms with van der Waals surface area (Å²) in [5, 5.41) is 2.94. The van der Waals surface area contributed by atoms with E-state index in [1.54, 1.807) is 0 Å². The fraction of sp³-hybridized carbons (Fsp3) is 0.417. The van der Waals surface area contributed by atoms with Gasteiger partial charge in [0, 0.05) is 5.56 Å². The normalized spacial score (nSPS) is 15.9. The van der Waals surface area contributed by atoms with Crippen LogP contribution >= 0.6 is 0 Å². The highest BCUT2D eigenvalue weighted by molar-refractivity contribution is 5.96. The zero-order chi connectivity index (χ0) is 10.8. The third-order valence-electron chi connectivity index (χ3n) is 2.61. The van der Waals surface area contributed by atoms with Crippen LogP contribution in [0.2, 0.25) is 0 Å². The number of carbonyl (C=O) groups is 1. The molecule has 1 N–H and O–H groups in total. The quantitative estimate of drug-likeness (QED) is 0.793. The second-order valence-corrected chi connectivity index (χ2v) is 4.03. The Labute approximate surface area is 89.4 Å². The number of hydrogen-bond acceptors (Lipinski definition) is 2. The molecule has 1 aliphatic heterocycles. The van der Waals surface area contributed by atoms with Crippen LogP contribution in [0.3, 0.4) is 0 Å². The van der Waals surface area contributed by atoms with Crippen molar-refractivity contribution in [1.82, 2.24) is 5.32 Å². The molecule has 15 heavy (non-hydrogen) atoms. The maximum absolute atomic E-state index is 11.9. The average Bonchev–Trinajstić information content (AvgIpc) is 2.15. The van der Waals surface area contributed by atoms with Gasteiger partial charge in [0.05, 0.1) is 19.3 Å². The molecule has 0 atom stereocenters. The summed E-state index contributed by atoms with van der Waals surface area (Å²) in [4.78, 5) is 11.9. The minimum Gasteiger partial charge on any atom is -0.377 e. The van der Waals surface area contributed by atoms with Crippen molar-refractivity contribution in [2.24, 2.45) is 0 Å². The molecule has 3 nitrogen and oxygen atoms in total. The Hall–Kier alpha value is -1.35. The Morgan fingerprint density at radius 2 is 2.13 bits per heavy atom. The molecule has 0 bridgehead atoms. The van der Waals surface area contributed by atoms with E-state index >= 15 is 0 Å². The third-order valence-corrected chi connectivity index (χ3v) is 2.61. The zero-order valence-corrected chi connectivity index (χ0v) is 9.04. The topological polar surface area (TPSA) is 38.3 Å². The molecule has 1 heterocycles. The van der Waals surface area contributed by atoms with Gasteiger partial charge in [-0.25, -0.2) is 0 Å². The molecule has 0 unspecified atom stereocenters. The standard InChI is InChI=1S/C12H15NO2/c1-8-3-4-9(2)11(5-8)12(14)13-10-6-15-7-10/h3-5,10H,6-7H2,1-2H3,(H,13,14). The van der Waals surface area contributed by atoms with Gasteiger partial charge in [0.1, 0.15) is 0 Å².